The number of aromatic nitrogens is 1. The molecule has 2 aromatic rings. The molecule has 0 amide bonds. The van der Waals surface area contributed by atoms with Crippen LogP contribution in [-0.2, 0) is 17.6 Å². The fourth-order valence-corrected chi connectivity index (χ4v) is 4.64. The van der Waals surface area contributed by atoms with Gasteiger partial charge in [-0.2, -0.15) is 0 Å². The summed E-state index contributed by atoms with van der Waals surface area (Å²) in [6, 6.07) is 8.74. The van der Waals surface area contributed by atoms with Crippen molar-refractivity contribution in [3.63, 3.8) is 0 Å². The van der Waals surface area contributed by atoms with Crippen molar-refractivity contribution in [2.75, 3.05) is 32.1 Å². The zero-order chi connectivity index (χ0) is 21.8. The number of likely N-dealkylation sites (tertiary alicyclic amines) is 1. The zero-order valence-electron chi connectivity index (χ0n) is 17.9. The van der Waals surface area contributed by atoms with Crippen LogP contribution in [0, 0.1) is 11.7 Å². The number of hydrogen-bond donors (Lipinski definition) is 2. The number of ether oxygens (including phenoxy) is 1. The van der Waals surface area contributed by atoms with Crippen LogP contribution in [0.3, 0.4) is 0 Å². The van der Waals surface area contributed by atoms with Gasteiger partial charge in [-0.15, -0.1) is 0 Å². The van der Waals surface area contributed by atoms with Crippen LogP contribution in [0.5, 0.6) is 5.75 Å². The number of benzene rings is 1. The second-order valence-electron chi connectivity index (χ2n) is 8.56. The van der Waals surface area contributed by atoms with Crippen molar-refractivity contribution >= 4 is 11.8 Å². The molecule has 4 rings (SSSR count). The molecule has 0 saturated carbocycles. The maximum Gasteiger partial charge on any atom is 0.305 e. The smallest absolute Gasteiger partial charge is 0.305 e. The number of halogens is 1. The zero-order valence-corrected chi connectivity index (χ0v) is 17.9. The molecule has 1 unspecified atom stereocenters. The van der Waals surface area contributed by atoms with Crippen molar-refractivity contribution < 1.29 is 19.0 Å². The summed E-state index contributed by atoms with van der Waals surface area (Å²) < 4.78 is 19.1. The minimum atomic E-state index is -0.878. The first-order valence-electron chi connectivity index (χ1n) is 11.1. The van der Waals surface area contributed by atoms with E-state index in [0.29, 0.717) is 11.5 Å². The molecule has 1 fully saturated rings. The van der Waals surface area contributed by atoms with E-state index in [0.717, 1.165) is 63.3 Å². The van der Waals surface area contributed by atoms with Crippen molar-refractivity contribution in [2.45, 2.75) is 44.6 Å². The van der Waals surface area contributed by atoms with Gasteiger partial charge >= 0.3 is 5.97 Å². The standard InChI is InChI=1S/C24H30FN3O3/c1-31-22-10-8-18(12-20(22)25)21(13-23(29)30)28-14-16(15-28)4-2-6-19-9-7-17-5-3-11-26-24(17)27-19/h7-10,12,16,21H,2-6,11,13-15H2,1H3,(H,26,27)(H,29,30). The third kappa shape index (κ3) is 5.15. The summed E-state index contributed by atoms with van der Waals surface area (Å²) >= 11 is 0. The maximum absolute atomic E-state index is 14.1. The summed E-state index contributed by atoms with van der Waals surface area (Å²) in [5, 5.41) is 12.7. The summed E-state index contributed by atoms with van der Waals surface area (Å²) in [5.74, 6) is 0.415. The average molecular weight is 428 g/mol. The Morgan fingerprint density at radius 1 is 1.35 bits per heavy atom. The van der Waals surface area contributed by atoms with Gasteiger partial charge in [0.1, 0.15) is 5.82 Å². The first-order chi connectivity index (χ1) is 15.0. The second-order valence-corrected chi connectivity index (χ2v) is 8.56. The van der Waals surface area contributed by atoms with Crippen LogP contribution in [0.15, 0.2) is 30.3 Å². The van der Waals surface area contributed by atoms with E-state index in [9.17, 15) is 14.3 Å². The van der Waals surface area contributed by atoms with Gasteiger partial charge in [-0.1, -0.05) is 12.1 Å². The number of rotatable bonds is 9. The van der Waals surface area contributed by atoms with E-state index in [-0.39, 0.29) is 18.2 Å². The molecule has 0 bridgehead atoms. The lowest BCUT2D eigenvalue weighted by molar-refractivity contribution is -0.139. The molecule has 166 valence electrons. The molecule has 2 N–H and O–H groups in total. The number of carbonyl (C=O) groups is 1. The summed E-state index contributed by atoms with van der Waals surface area (Å²) in [5.41, 5.74) is 3.12. The van der Waals surface area contributed by atoms with Crippen LogP contribution >= 0.6 is 0 Å². The lowest BCUT2D eigenvalue weighted by atomic mass is 9.89. The number of carboxylic acids is 1. The fraction of sp³-hybridized carbons (Fsp3) is 0.500. The topological polar surface area (TPSA) is 74.7 Å². The van der Waals surface area contributed by atoms with Gasteiger partial charge in [0.15, 0.2) is 11.6 Å². The largest absolute Gasteiger partial charge is 0.494 e. The highest BCUT2D eigenvalue weighted by atomic mass is 19.1. The van der Waals surface area contributed by atoms with E-state index >= 15 is 0 Å². The van der Waals surface area contributed by atoms with Gasteiger partial charge in [-0.3, -0.25) is 9.69 Å². The highest BCUT2D eigenvalue weighted by Gasteiger charge is 2.34. The number of carboxylic acid groups (broad SMARTS) is 1. The van der Waals surface area contributed by atoms with Gasteiger partial charge in [0.25, 0.3) is 0 Å². The number of hydrogen-bond acceptors (Lipinski definition) is 5. The van der Waals surface area contributed by atoms with Gasteiger partial charge in [-0.25, -0.2) is 9.37 Å². The minimum Gasteiger partial charge on any atom is -0.494 e. The molecule has 0 radical (unpaired) electrons. The third-order valence-corrected chi connectivity index (χ3v) is 6.35. The highest BCUT2D eigenvalue weighted by molar-refractivity contribution is 5.68. The van der Waals surface area contributed by atoms with Crippen LogP contribution in [0.25, 0.3) is 0 Å². The van der Waals surface area contributed by atoms with Crippen LogP contribution < -0.4 is 10.1 Å². The molecule has 0 aliphatic carbocycles. The van der Waals surface area contributed by atoms with E-state index in [1.807, 2.05) is 0 Å². The normalized spacial score (nSPS) is 17.4. The predicted molar refractivity (Wildman–Crippen MR) is 117 cm³/mol. The molecule has 7 heteroatoms. The minimum absolute atomic E-state index is 0.0372. The number of aliphatic carboxylic acids is 1. The fourth-order valence-electron chi connectivity index (χ4n) is 4.64. The van der Waals surface area contributed by atoms with E-state index in [4.69, 9.17) is 9.72 Å². The molecule has 1 saturated heterocycles. The number of aryl methyl sites for hydroxylation is 2. The van der Waals surface area contributed by atoms with E-state index in [2.05, 4.69) is 22.3 Å². The molecular formula is C24H30FN3O3. The van der Waals surface area contributed by atoms with Crippen molar-refractivity contribution in [1.82, 2.24) is 9.88 Å². The lowest BCUT2D eigenvalue weighted by Gasteiger charge is -2.44. The number of nitrogens with one attached hydrogen (secondary N) is 1. The number of nitrogens with zero attached hydrogens (tertiary/aromatic N) is 2. The van der Waals surface area contributed by atoms with Crippen molar-refractivity contribution in [3.05, 3.63) is 53.0 Å². The van der Waals surface area contributed by atoms with Crippen LogP contribution in [-0.4, -0.2) is 47.7 Å². The molecule has 1 aromatic carbocycles. The Bertz CT molecular complexity index is 930. The van der Waals surface area contributed by atoms with Gasteiger partial charge in [0.2, 0.25) is 0 Å². The van der Waals surface area contributed by atoms with Crippen molar-refractivity contribution in [3.8, 4) is 5.75 Å². The van der Waals surface area contributed by atoms with E-state index < -0.39 is 11.8 Å². The van der Waals surface area contributed by atoms with Gasteiger partial charge < -0.3 is 15.2 Å². The van der Waals surface area contributed by atoms with Crippen LogP contribution in [0.4, 0.5) is 10.2 Å². The first kappa shape index (κ1) is 21.6. The Kier molecular flexibility index (Phi) is 6.70. The summed E-state index contributed by atoms with van der Waals surface area (Å²) in [6.07, 6.45) is 5.32. The second kappa shape index (κ2) is 9.64. The molecule has 6 nitrogen and oxygen atoms in total. The van der Waals surface area contributed by atoms with E-state index in [1.165, 1.54) is 18.7 Å². The Hall–Kier alpha value is -2.67. The van der Waals surface area contributed by atoms with Crippen LogP contribution in [0.2, 0.25) is 0 Å². The van der Waals surface area contributed by atoms with Crippen molar-refractivity contribution in [2.24, 2.45) is 5.92 Å². The van der Waals surface area contributed by atoms with Gasteiger partial charge in [0.05, 0.1) is 13.5 Å². The molecule has 2 aliphatic rings. The maximum atomic E-state index is 14.1. The Labute approximate surface area is 182 Å². The molecule has 1 atom stereocenters. The van der Waals surface area contributed by atoms with E-state index in [1.54, 1.807) is 12.1 Å². The van der Waals surface area contributed by atoms with Gasteiger partial charge in [0, 0.05) is 31.4 Å². The number of pyridine rings is 1. The summed E-state index contributed by atoms with van der Waals surface area (Å²) in [4.78, 5) is 18.3. The Balaban J connectivity index is 1.29. The average Bonchev–Trinajstić information content (AvgIpc) is 2.73. The Morgan fingerprint density at radius 2 is 2.19 bits per heavy atom. The SMILES string of the molecule is COc1ccc(C(CC(=O)O)N2CC(CCCc3ccc4c(n3)NCCC4)C2)cc1F. The molecule has 3 heterocycles. The molecule has 2 aliphatic heterocycles. The summed E-state index contributed by atoms with van der Waals surface area (Å²) in [7, 11) is 1.42. The van der Waals surface area contributed by atoms with Crippen LogP contribution in [0.1, 0.15) is 48.5 Å². The number of anilines is 1. The molecule has 0 spiro atoms. The molecule has 1 aromatic heterocycles. The quantitative estimate of drug-likeness (QED) is 0.629. The number of methoxy groups -OCH3 is 1. The summed E-state index contributed by atoms with van der Waals surface area (Å²) in [6.45, 7) is 2.67. The number of fused-ring (bicyclic) bond motifs is 1. The third-order valence-electron chi connectivity index (χ3n) is 6.35. The molecular weight excluding hydrogens is 397 g/mol. The van der Waals surface area contributed by atoms with Crippen molar-refractivity contribution in [1.29, 1.82) is 0 Å². The Morgan fingerprint density at radius 3 is 2.94 bits per heavy atom. The lowest BCUT2D eigenvalue weighted by Crippen LogP contribution is -2.48. The first-order valence-corrected chi connectivity index (χ1v) is 11.1. The highest BCUT2D eigenvalue weighted by Crippen LogP contribution is 2.35. The predicted octanol–water partition coefficient (Wildman–Crippen LogP) is 4.06. The monoisotopic (exact) mass is 427 g/mol. The molecule has 31 heavy (non-hydrogen) atoms. The van der Waals surface area contributed by atoms with Gasteiger partial charge in [-0.05, 0) is 67.3 Å².